The lowest BCUT2D eigenvalue weighted by Gasteiger charge is -2.10. The van der Waals surface area contributed by atoms with Crippen molar-refractivity contribution in [2.75, 3.05) is 10.0 Å². The van der Waals surface area contributed by atoms with Gasteiger partial charge >= 0.3 is 0 Å². The van der Waals surface area contributed by atoms with Gasteiger partial charge in [0.15, 0.2) is 5.13 Å². The van der Waals surface area contributed by atoms with E-state index in [9.17, 15) is 13.2 Å². The molecule has 1 amide bonds. The molecule has 1 heterocycles. The van der Waals surface area contributed by atoms with Crippen LogP contribution in [0.25, 0.3) is 11.3 Å². The molecule has 1 aromatic heterocycles. The number of nitrogens with zero attached hydrogens (tertiary/aromatic N) is 1. The summed E-state index contributed by atoms with van der Waals surface area (Å²) in [5.41, 5.74) is 4.62. The highest BCUT2D eigenvalue weighted by molar-refractivity contribution is 7.92. The molecule has 0 aliphatic carbocycles. The molecular formula is C26H25N3O3S2. The van der Waals surface area contributed by atoms with Gasteiger partial charge in [0.05, 0.1) is 10.6 Å². The highest BCUT2D eigenvalue weighted by Gasteiger charge is 2.16. The maximum atomic E-state index is 12.8. The summed E-state index contributed by atoms with van der Waals surface area (Å²) >= 11 is 1.34. The molecule has 0 saturated carbocycles. The van der Waals surface area contributed by atoms with Crippen molar-refractivity contribution in [3.63, 3.8) is 0 Å². The van der Waals surface area contributed by atoms with Crippen molar-refractivity contribution in [3.05, 3.63) is 94.9 Å². The van der Waals surface area contributed by atoms with Gasteiger partial charge in [-0.05, 0) is 48.7 Å². The predicted octanol–water partition coefficient (Wildman–Crippen LogP) is 6.30. The SMILES string of the molecule is Cc1ccc(S(=O)(=O)Nc2cccc(C(=O)Nc3nc(-c4ccc(C(C)C)cc4)cs3)c2)cc1. The fourth-order valence-electron chi connectivity index (χ4n) is 3.33. The maximum Gasteiger partial charge on any atom is 0.261 e. The van der Waals surface area contributed by atoms with Gasteiger partial charge in [-0.3, -0.25) is 14.8 Å². The molecule has 0 aliphatic heterocycles. The molecule has 0 unspecified atom stereocenters. The summed E-state index contributed by atoms with van der Waals surface area (Å²) in [5, 5.41) is 5.16. The van der Waals surface area contributed by atoms with E-state index in [4.69, 9.17) is 0 Å². The molecular weight excluding hydrogens is 466 g/mol. The molecule has 0 radical (unpaired) electrons. The minimum atomic E-state index is -3.76. The summed E-state index contributed by atoms with van der Waals surface area (Å²) < 4.78 is 27.9. The van der Waals surface area contributed by atoms with Gasteiger partial charge in [-0.15, -0.1) is 11.3 Å². The minimum absolute atomic E-state index is 0.157. The quantitative estimate of drug-likeness (QED) is 0.318. The Balaban J connectivity index is 1.46. The molecule has 0 spiro atoms. The lowest BCUT2D eigenvalue weighted by atomic mass is 10.0. The zero-order valence-electron chi connectivity index (χ0n) is 19.1. The lowest BCUT2D eigenvalue weighted by Crippen LogP contribution is -2.15. The van der Waals surface area contributed by atoms with Gasteiger partial charge in [-0.2, -0.15) is 0 Å². The van der Waals surface area contributed by atoms with Crippen LogP contribution in [0.2, 0.25) is 0 Å². The number of amides is 1. The van der Waals surface area contributed by atoms with Gasteiger partial charge in [0.2, 0.25) is 0 Å². The topological polar surface area (TPSA) is 88.2 Å². The second-order valence-electron chi connectivity index (χ2n) is 8.27. The van der Waals surface area contributed by atoms with E-state index in [0.29, 0.717) is 22.3 Å². The van der Waals surface area contributed by atoms with Crippen molar-refractivity contribution in [2.45, 2.75) is 31.6 Å². The van der Waals surface area contributed by atoms with Crippen molar-refractivity contribution >= 4 is 38.1 Å². The first-order valence-electron chi connectivity index (χ1n) is 10.8. The number of nitrogens with one attached hydrogen (secondary N) is 2. The highest BCUT2D eigenvalue weighted by atomic mass is 32.2. The van der Waals surface area contributed by atoms with Crippen molar-refractivity contribution < 1.29 is 13.2 Å². The number of aryl methyl sites for hydroxylation is 1. The summed E-state index contributed by atoms with van der Waals surface area (Å²) in [6, 6.07) is 21.1. The van der Waals surface area contributed by atoms with E-state index >= 15 is 0 Å². The minimum Gasteiger partial charge on any atom is -0.298 e. The van der Waals surface area contributed by atoms with E-state index in [1.165, 1.54) is 23.0 Å². The van der Waals surface area contributed by atoms with Crippen LogP contribution in [0.1, 0.15) is 41.3 Å². The van der Waals surface area contributed by atoms with Crippen LogP contribution >= 0.6 is 11.3 Å². The second kappa shape index (κ2) is 9.79. The lowest BCUT2D eigenvalue weighted by molar-refractivity contribution is 0.102. The molecule has 0 bridgehead atoms. The fraction of sp³-hybridized carbons (Fsp3) is 0.154. The zero-order valence-corrected chi connectivity index (χ0v) is 20.7. The first-order valence-corrected chi connectivity index (χ1v) is 13.1. The van der Waals surface area contributed by atoms with E-state index in [1.807, 2.05) is 24.4 Å². The molecule has 4 rings (SSSR count). The molecule has 0 atom stereocenters. The van der Waals surface area contributed by atoms with Crippen LogP contribution in [0, 0.1) is 6.92 Å². The molecule has 0 aliphatic rings. The van der Waals surface area contributed by atoms with E-state index in [1.54, 1.807) is 42.5 Å². The number of carbonyl (C=O) groups excluding carboxylic acids is 1. The number of anilines is 2. The molecule has 6 nitrogen and oxygen atoms in total. The second-order valence-corrected chi connectivity index (χ2v) is 10.8. The Morgan fingerprint density at radius 3 is 2.35 bits per heavy atom. The highest BCUT2D eigenvalue weighted by Crippen LogP contribution is 2.27. The average Bonchev–Trinajstić information content (AvgIpc) is 3.28. The van der Waals surface area contributed by atoms with Gasteiger partial charge in [-0.25, -0.2) is 13.4 Å². The number of hydrogen-bond donors (Lipinski definition) is 2. The standard InChI is InChI=1S/C26H25N3O3S2/c1-17(2)19-9-11-20(12-10-19)24-16-33-26(27-24)28-25(30)21-5-4-6-22(15-21)29-34(31,32)23-13-7-18(3)8-14-23/h4-17,29H,1-3H3,(H,27,28,30). The number of thiazole rings is 1. The monoisotopic (exact) mass is 491 g/mol. The van der Waals surface area contributed by atoms with E-state index in [-0.39, 0.29) is 10.8 Å². The summed E-state index contributed by atoms with van der Waals surface area (Å²) in [5.74, 6) is 0.0869. The maximum absolute atomic E-state index is 12.8. The fourth-order valence-corrected chi connectivity index (χ4v) is 5.09. The molecule has 0 saturated heterocycles. The van der Waals surface area contributed by atoms with Crippen molar-refractivity contribution in [3.8, 4) is 11.3 Å². The number of benzene rings is 3. The van der Waals surface area contributed by atoms with Crippen LogP contribution in [0.15, 0.2) is 83.1 Å². The van der Waals surface area contributed by atoms with Crippen LogP contribution < -0.4 is 10.0 Å². The Morgan fingerprint density at radius 1 is 0.971 bits per heavy atom. The molecule has 8 heteroatoms. The van der Waals surface area contributed by atoms with E-state index < -0.39 is 10.0 Å². The summed E-state index contributed by atoms with van der Waals surface area (Å²) in [6.45, 7) is 6.18. The molecule has 2 N–H and O–H groups in total. The molecule has 0 fully saturated rings. The third kappa shape index (κ3) is 5.52. The number of aromatic nitrogens is 1. The molecule has 34 heavy (non-hydrogen) atoms. The zero-order chi connectivity index (χ0) is 24.3. The Bertz CT molecular complexity index is 1410. The molecule has 3 aromatic carbocycles. The van der Waals surface area contributed by atoms with Crippen molar-refractivity contribution in [2.24, 2.45) is 0 Å². The van der Waals surface area contributed by atoms with Crippen LogP contribution in [-0.4, -0.2) is 19.3 Å². The third-order valence-corrected chi connectivity index (χ3v) is 7.46. The van der Waals surface area contributed by atoms with Crippen LogP contribution in [0.3, 0.4) is 0 Å². The smallest absolute Gasteiger partial charge is 0.261 e. The van der Waals surface area contributed by atoms with Crippen LogP contribution in [0.5, 0.6) is 0 Å². The number of sulfonamides is 1. The summed E-state index contributed by atoms with van der Waals surface area (Å²) in [7, 11) is -3.76. The van der Waals surface area contributed by atoms with Gasteiger partial charge in [0, 0.05) is 22.2 Å². The van der Waals surface area contributed by atoms with Gasteiger partial charge in [-0.1, -0.05) is 61.9 Å². The van der Waals surface area contributed by atoms with Gasteiger partial charge < -0.3 is 0 Å². The molecule has 4 aromatic rings. The summed E-state index contributed by atoms with van der Waals surface area (Å²) in [4.78, 5) is 17.5. The Hall–Kier alpha value is -3.49. The number of hydrogen-bond acceptors (Lipinski definition) is 5. The largest absolute Gasteiger partial charge is 0.298 e. The Kier molecular flexibility index (Phi) is 6.81. The molecule has 174 valence electrons. The van der Waals surface area contributed by atoms with E-state index in [0.717, 1.165) is 16.8 Å². The third-order valence-electron chi connectivity index (χ3n) is 5.31. The predicted molar refractivity (Wildman–Crippen MR) is 138 cm³/mol. The van der Waals surface area contributed by atoms with Gasteiger partial charge in [0.25, 0.3) is 15.9 Å². The first-order chi connectivity index (χ1) is 16.2. The van der Waals surface area contributed by atoms with Gasteiger partial charge in [0.1, 0.15) is 0 Å². The Morgan fingerprint density at radius 2 is 1.68 bits per heavy atom. The normalized spacial score (nSPS) is 11.4. The van der Waals surface area contributed by atoms with Crippen molar-refractivity contribution in [1.29, 1.82) is 0 Å². The van der Waals surface area contributed by atoms with Crippen molar-refractivity contribution in [1.82, 2.24) is 4.98 Å². The van der Waals surface area contributed by atoms with E-state index in [2.05, 4.69) is 41.0 Å². The van der Waals surface area contributed by atoms with Crippen LogP contribution in [-0.2, 0) is 10.0 Å². The average molecular weight is 492 g/mol. The summed E-state index contributed by atoms with van der Waals surface area (Å²) in [6.07, 6.45) is 0. The number of rotatable bonds is 7. The van der Waals surface area contributed by atoms with Crippen LogP contribution in [0.4, 0.5) is 10.8 Å². The number of carbonyl (C=O) groups is 1. The first kappa shape index (κ1) is 23.7. The Labute approximate surface area is 203 Å².